The Balaban J connectivity index is 1.87. The normalized spacial score (nSPS) is 15.8. The molecule has 146 valence electrons. The van der Waals surface area contributed by atoms with E-state index in [-0.39, 0.29) is 42.9 Å². The summed E-state index contributed by atoms with van der Waals surface area (Å²) in [6, 6.07) is 7.08. The zero-order valence-corrected chi connectivity index (χ0v) is 15.1. The van der Waals surface area contributed by atoms with Crippen LogP contribution in [-0.4, -0.2) is 42.3 Å². The van der Waals surface area contributed by atoms with Crippen molar-refractivity contribution in [2.75, 3.05) is 42.3 Å². The molecule has 0 saturated carbocycles. The monoisotopic (exact) mass is 401 g/mol. The van der Waals surface area contributed by atoms with Crippen molar-refractivity contribution in [3.05, 3.63) is 34.9 Å². The largest absolute Gasteiger partial charge is 0.461 e. The van der Waals surface area contributed by atoms with Crippen LogP contribution in [0.3, 0.4) is 0 Å². The molecule has 0 radical (unpaired) electrons. The number of nitrogens with two attached hydrogens (primary N) is 1. The maximum atomic E-state index is 13.6. The molecule has 0 spiro atoms. The van der Waals surface area contributed by atoms with Gasteiger partial charge in [-0.05, 0) is 11.6 Å². The number of hydrogen-bond donors (Lipinski definition) is 2. The third-order valence-electron chi connectivity index (χ3n) is 4.09. The van der Waals surface area contributed by atoms with Crippen LogP contribution in [0.5, 0.6) is 6.01 Å². The summed E-state index contributed by atoms with van der Waals surface area (Å²) in [6.45, 7) is -1.07. The fourth-order valence-electron chi connectivity index (χ4n) is 2.75. The van der Waals surface area contributed by atoms with E-state index in [0.717, 1.165) is 5.56 Å². The standard InChI is InChI=1S/C17H19ClF3N5O/c18-12-4-2-1-3-11(12)9-23-14-13(22)15(25-16(24-14)27-8-6-19)26-7-5-17(20,21)10-26/h1-4H,5-10,22H2,(H,23,24,25). The van der Waals surface area contributed by atoms with Gasteiger partial charge in [0, 0.05) is 24.5 Å². The van der Waals surface area contributed by atoms with Crippen LogP contribution in [0.15, 0.2) is 24.3 Å². The second-order valence-corrected chi connectivity index (χ2v) is 6.51. The molecule has 0 unspecified atom stereocenters. The molecule has 0 atom stereocenters. The maximum Gasteiger partial charge on any atom is 0.320 e. The Kier molecular flexibility index (Phi) is 5.79. The topological polar surface area (TPSA) is 76.3 Å². The molecule has 6 nitrogen and oxygen atoms in total. The molecule has 1 fully saturated rings. The van der Waals surface area contributed by atoms with Crippen LogP contribution < -0.4 is 20.7 Å². The Morgan fingerprint density at radius 1 is 1.30 bits per heavy atom. The predicted octanol–water partition coefficient (Wildman–Crippen LogP) is 3.52. The van der Waals surface area contributed by atoms with Gasteiger partial charge in [0.25, 0.3) is 5.92 Å². The van der Waals surface area contributed by atoms with Gasteiger partial charge in [0.1, 0.15) is 19.0 Å². The smallest absolute Gasteiger partial charge is 0.320 e. The molecule has 1 aliphatic rings. The molecule has 1 saturated heterocycles. The number of hydrogen-bond acceptors (Lipinski definition) is 6. The van der Waals surface area contributed by atoms with E-state index in [1.807, 2.05) is 12.1 Å². The average molecular weight is 402 g/mol. The lowest BCUT2D eigenvalue weighted by Gasteiger charge is -2.21. The van der Waals surface area contributed by atoms with Crippen LogP contribution in [0, 0.1) is 0 Å². The molecule has 1 aliphatic heterocycles. The lowest BCUT2D eigenvalue weighted by Crippen LogP contribution is -2.27. The predicted molar refractivity (Wildman–Crippen MR) is 98.5 cm³/mol. The highest BCUT2D eigenvalue weighted by molar-refractivity contribution is 6.31. The minimum absolute atomic E-state index is 0.0979. The Labute approximate surface area is 159 Å². The van der Waals surface area contributed by atoms with Crippen molar-refractivity contribution in [3.63, 3.8) is 0 Å². The molecule has 0 amide bonds. The number of benzene rings is 1. The highest BCUT2D eigenvalue weighted by Crippen LogP contribution is 2.36. The van der Waals surface area contributed by atoms with Crippen molar-refractivity contribution < 1.29 is 17.9 Å². The van der Waals surface area contributed by atoms with Crippen LogP contribution in [0.2, 0.25) is 5.02 Å². The van der Waals surface area contributed by atoms with E-state index in [2.05, 4.69) is 15.3 Å². The van der Waals surface area contributed by atoms with Gasteiger partial charge in [0.2, 0.25) is 0 Å². The molecular formula is C17H19ClF3N5O. The molecule has 27 heavy (non-hydrogen) atoms. The van der Waals surface area contributed by atoms with E-state index in [0.29, 0.717) is 11.6 Å². The van der Waals surface area contributed by atoms with Gasteiger partial charge < -0.3 is 20.7 Å². The molecule has 1 aromatic heterocycles. The lowest BCUT2D eigenvalue weighted by molar-refractivity contribution is 0.0256. The summed E-state index contributed by atoms with van der Waals surface area (Å²) < 4.78 is 44.8. The summed E-state index contributed by atoms with van der Waals surface area (Å²) in [5.74, 6) is -2.47. The van der Waals surface area contributed by atoms with Gasteiger partial charge in [-0.1, -0.05) is 29.8 Å². The first-order valence-electron chi connectivity index (χ1n) is 8.36. The van der Waals surface area contributed by atoms with Gasteiger partial charge >= 0.3 is 6.01 Å². The number of nitrogens with zero attached hydrogens (tertiary/aromatic N) is 3. The van der Waals surface area contributed by atoms with Gasteiger partial charge in [-0.2, -0.15) is 9.97 Å². The first-order chi connectivity index (χ1) is 12.9. The first-order valence-corrected chi connectivity index (χ1v) is 8.74. The molecule has 2 aromatic rings. The van der Waals surface area contributed by atoms with Gasteiger partial charge in [0.15, 0.2) is 11.6 Å². The molecule has 3 N–H and O–H groups in total. The Hall–Kier alpha value is -2.42. The van der Waals surface area contributed by atoms with Gasteiger partial charge in [-0.25, -0.2) is 13.2 Å². The summed E-state index contributed by atoms with van der Waals surface area (Å²) in [4.78, 5) is 9.60. The molecule has 0 bridgehead atoms. The van der Waals surface area contributed by atoms with E-state index in [4.69, 9.17) is 22.1 Å². The highest BCUT2D eigenvalue weighted by atomic mass is 35.5. The van der Waals surface area contributed by atoms with Crippen LogP contribution in [0.4, 0.5) is 30.5 Å². The Morgan fingerprint density at radius 3 is 2.74 bits per heavy atom. The van der Waals surface area contributed by atoms with Crippen molar-refractivity contribution in [3.8, 4) is 6.01 Å². The summed E-state index contributed by atoms with van der Waals surface area (Å²) in [5.41, 5.74) is 7.04. The molecular weight excluding hydrogens is 383 g/mol. The first kappa shape index (κ1) is 19.3. The number of ether oxygens (including phenoxy) is 1. The van der Waals surface area contributed by atoms with Gasteiger partial charge in [0.05, 0.1) is 6.54 Å². The zero-order valence-electron chi connectivity index (χ0n) is 14.4. The quantitative estimate of drug-likeness (QED) is 0.739. The molecule has 3 rings (SSSR count). The molecule has 2 heterocycles. The summed E-state index contributed by atoms with van der Waals surface area (Å²) in [7, 11) is 0. The van der Waals surface area contributed by atoms with Gasteiger partial charge in [-0.15, -0.1) is 0 Å². The second kappa shape index (κ2) is 8.08. The summed E-state index contributed by atoms with van der Waals surface area (Å²) >= 11 is 6.13. The van der Waals surface area contributed by atoms with E-state index < -0.39 is 19.1 Å². The van der Waals surface area contributed by atoms with E-state index in [9.17, 15) is 13.2 Å². The fraction of sp³-hybridized carbons (Fsp3) is 0.412. The zero-order chi connectivity index (χ0) is 19.4. The van der Waals surface area contributed by atoms with E-state index >= 15 is 0 Å². The Bertz CT molecular complexity index is 808. The van der Waals surface area contributed by atoms with Crippen LogP contribution in [0.1, 0.15) is 12.0 Å². The Morgan fingerprint density at radius 2 is 2.07 bits per heavy atom. The fourth-order valence-corrected chi connectivity index (χ4v) is 2.95. The third kappa shape index (κ3) is 4.65. The maximum absolute atomic E-state index is 13.6. The van der Waals surface area contributed by atoms with Crippen LogP contribution >= 0.6 is 11.6 Å². The second-order valence-electron chi connectivity index (χ2n) is 6.10. The summed E-state index contributed by atoms with van der Waals surface area (Å²) in [5, 5.41) is 3.58. The van der Waals surface area contributed by atoms with E-state index in [1.165, 1.54) is 4.90 Å². The van der Waals surface area contributed by atoms with E-state index in [1.54, 1.807) is 12.1 Å². The number of anilines is 3. The number of aromatic nitrogens is 2. The number of nitrogens with one attached hydrogen (secondary N) is 1. The average Bonchev–Trinajstić information content (AvgIpc) is 3.00. The molecule has 0 aliphatic carbocycles. The number of halogens is 4. The van der Waals surface area contributed by atoms with Crippen LogP contribution in [0.25, 0.3) is 0 Å². The van der Waals surface area contributed by atoms with Crippen molar-refractivity contribution in [2.45, 2.75) is 18.9 Å². The van der Waals surface area contributed by atoms with Crippen LogP contribution in [-0.2, 0) is 6.54 Å². The SMILES string of the molecule is Nc1c(NCc2ccccc2Cl)nc(OCCF)nc1N1CCC(F)(F)C1. The number of alkyl halides is 3. The van der Waals surface area contributed by atoms with Crippen molar-refractivity contribution in [2.24, 2.45) is 0 Å². The highest BCUT2D eigenvalue weighted by Gasteiger charge is 2.40. The van der Waals surface area contributed by atoms with Crippen molar-refractivity contribution >= 4 is 28.9 Å². The number of nitrogen functional groups attached to an aromatic ring is 1. The molecule has 10 heteroatoms. The number of rotatable bonds is 7. The summed E-state index contributed by atoms with van der Waals surface area (Å²) in [6.07, 6.45) is -0.292. The third-order valence-corrected chi connectivity index (χ3v) is 4.46. The van der Waals surface area contributed by atoms with Crippen molar-refractivity contribution in [1.82, 2.24) is 9.97 Å². The van der Waals surface area contributed by atoms with Gasteiger partial charge in [-0.3, -0.25) is 0 Å². The minimum atomic E-state index is -2.82. The lowest BCUT2D eigenvalue weighted by atomic mass is 10.2. The van der Waals surface area contributed by atoms with Crippen molar-refractivity contribution in [1.29, 1.82) is 0 Å². The molecule has 1 aromatic carbocycles. The minimum Gasteiger partial charge on any atom is -0.461 e.